The van der Waals surface area contributed by atoms with E-state index >= 15 is 0 Å². The highest BCUT2D eigenvalue weighted by Gasteiger charge is 2.16. The maximum absolute atomic E-state index is 11.6. The summed E-state index contributed by atoms with van der Waals surface area (Å²) in [5, 5.41) is 9.03. The van der Waals surface area contributed by atoms with Crippen LogP contribution in [0.15, 0.2) is 36.9 Å². The molecule has 1 aromatic carbocycles. The van der Waals surface area contributed by atoms with E-state index in [1.165, 1.54) is 43.4 Å². The van der Waals surface area contributed by atoms with E-state index in [2.05, 4.69) is 9.72 Å². The molecule has 3 rings (SSSR count). The third-order valence-electron chi connectivity index (χ3n) is 3.43. The van der Waals surface area contributed by atoms with Crippen LogP contribution < -0.4 is 4.74 Å². The van der Waals surface area contributed by atoms with E-state index in [4.69, 9.17) is 9.84 Å². The molecule has 3 aromatic rings. The number of hydrogen-bond acceptors (Lipinski definition) is 5. The molecule has 8 heteroatoms. The predicted molar refractivity (Wildman–Crippen MR) is 80.4 cm³/mol. The average Bonchev–Trinajstić information content (AvgIpc) is 3.16. The fraction of sp³-hybridized carbons (Fsp3) is 0.133. The number of imidazole rings is 1. The number of carbonyl (C=O) groups excluding carboxylic acids is 1. The van der Waals surface area contributed by atoms with Gasteiger partial charge in [-0.15, -0.1) is 0 Å². The van der Waals surface area contributed by atoms with Crippen LogP contribution in [-0.4, -0.2) is 45.5 Å². The number of aromatic nitrogens is 3. The van der Waals surface area contributed by atoms with Gasteiger partial charge in [-0.1, -0.05) is 0 Å². The number of rotatable bonds is 3. The van der Waals surface area contributed by atoms with E-state index in [0.717, 1.165) is 0 Å². The van der Waals surface area contributed by atoms with E-state index in [9.17, 15) is 9.59 Å². The maximum Gasteiger partial charge on any atom is 0.417 e. The predicted octanol–water partition coefficient (Wildman–Crippen LogP) is 2.15. The third-order valence-corrected chi connectivity index (χ3v) is 3.43. The van der Waals surface area contributed by atoms with Crippen molar-refractivity contribution in [2.75, 3.05) is 14.2 Å². The molecule has 0 saturated carbocycles. The Morgan fingerprint density at radius 1 is 1.22 bits per heavy atom. The minimum Gasteiger partial charge on any atom is -0.493 e. The van der Waals surface area contributed by atoms with E-state index in [0.29, 0.717) is 22.5 Å². The molecule has 0 fully saturated rings. The van der Waals surface area contributed by atoms with Gasteiger partial charge in [0, 0.05) is 6.20 Å². The maximum atomic E-state index is 11.6. The molecule has 2 aromatic heterocycles. The summed E-state index contributed by atoms with van der Waals surface area (Å²) < 4.78 is 12.9. The van der Waals surface area contributed by atoms with Crippen molar-refractivity contribution >= 4 is 23.1 Å². The molecule has 0 aliphatic rings. The van der Waals surface area contributed by atoms with Gasteiger partial charge in [-0.3, -0.25) is 9.13 Å². The summed E-state index contributed by atoms with van der Waals surface area (Å²) in [6.07, 6.45) is 4.04. The van der Waals surface area contributed by atoms with Gasteiger partial charge in [-0.25, -0.2) is 14.6 Å². The smallest absolute Gasteiger partial charge is 0.417 e. The van der Waals surface area contributed by atoms with Crippen LogP contribution in [0, 0.1) is 0 Å². The number of methoxy groups -OCH3 is 2. The molecule has 0 radical (unpaired) electrons. The van der Waals surface area contributed by atoms with Crippen LogP contribution in [0.5, 0.6) is 5.75 Å². The van der Waals surface area contributed by atoms with Crippen molar-refractivity contribution in [2.24, 2.45) is 0 Å². The average molecular weight is 315 g/mol. The Morgan fingerprint density at radius 3 is 2.65 bits per heavy atom. The number of aromatic carboxylic acids is 1. The minimum absolute atomic E-state index is 0.154. The number of nitrogens with zero attached hydrogens (tertiary/aromatic N) is 3. The summed E-state index contributed by atoms with van der Waals surface area (Å²) in [6.45, 7) is 0. The fourth-order valence-electron chi connectivity index (χ4n) is 2.31. The second-order valence-electron chi connectivity index (χ2n) is 4.71. The van der Waals surface area contributed by atoms with Gasteiger partial charge in [-0.05, 0) is 18.2 Å². The van der Waals surface area contributed by atoms with Crippen LogP contribution in [0.25, 0.3) is 16.7 Å². The molecule has 0 unspecified atom stereocenters. The molecule has 0 saturated heterocycles. The molecule has 0 aliphatic carbocycles. The van der Waals surface area contributed by atoms with Crippen molar-refractivity contribution in [3.8, 4) is 11.4 Å². The molecule has 0 atom stereocenters. The lowest BCUT2D eigenvalue weighted by molar-refractivity contribution is 0.0697. The zero-order chi connectivity index (χ0) is 16.6. The van der Waals surface area contributed by atoms with Gasteiger partial charge in [0.25, 0.3) is 0 Å². The fourth-order valence-corrected chi connectivity index (χ4v) is 2.31. The van der Waals surface area contributed by atoms with E-state index < -0.39 is 12.1 Å². The number of ether oxygens (including phenoxy) is 2. The van der Waals surface area contributed by atoms with E-state index in [1.807, 2.05) is 0 Å². The molecule has 0 amide bonds. The summed E-state index contributed by atoms with van der Waals surface area (Å²) in [4.78, 5) is 26.9. The lowest BCUT2D eigenvalue weighted by Gasteiger charge is -2.04. The first-order chi connectivity index (χ1) is 11.0. The molecule has 0 aliphatic heterocycles. The molecule has 2 heterocycles. The van der Waals surface area contributed by atoms with Crippen molar-refractivity contribution in [3.05, 3.63) is 42.5 Å². The molecule has 118 valence electrons. The van der Waals surface area contributed by atoms with Crippen molar-refractivity contribution in [3.63, 3.8) is 0 Å². The Kier molecular flexibility index (Phi) is 3.49. The summed E-state index contributed by atoms with van der Waals surface area (Å²) >= 11 is 0. The molecule has 8 nitrogen and oxygen atoms in total. The number of fused-ring (bicyclic) bond motifs is 1. The minimum atomic E-state index is -1.02. The largest absolute Gasteiger partial charge is 0.493 e. The molecule has 23 heavy (non-hydrogen) atoms. The summed E-state index contributed by atoms with van der Waals surface area (Å²) in [6, 6.07) is 4.63. The van der Waals surface area contributed by atoms with E-state index in [-0.39, 0.29) is 5.56 Å². The van der Waals surface area contributed by atoms with Crippen LogP contribution in [0.4, 0.5) is 4.79 Å². The highest BCUT2D eigenvalue weighted by molar-refractivity contribution is 5.92. The van der Waals surface area contributed by atoms with Crippen molar-refractivity contribution < 1.29 is 24.2 Å². The van der Waals surface area contributed by atoms with Crippen molar-refractivity contribution in [1.82, 2.24) is 14.1 Å². The summed E-state index contributed by atoms with van der Waals surface area (Å²) in [5.74, 6) is -0.562. The SMILES string of the molecule is COC(=O)n1cc(OC)c(-n2cnc3cc(C(=O)O)ccc32)c1. The van der Waals surface area contributed by atoms with Gasteiger partial charge in [0.1, 0.15) is 12.0 Å². The standard InChI is InChI=1S/C15H13N3O5/c1-22-13-7-17(15(21)23-2)6-12(13)18-8-16-10-5-9(14(19)20)3-4-11(10)18/h3-8H,1-2H3,(H,19,20). The number of carbonyl (C=O) groups is 2. The van der Waals surface area contributed by atoms with Gasteiger partial charge in [-0.2, -0.15) is 0 Å². The highest BCUT2D eigenvalue weighted by Crippen LogP contribution is 2.28. The van der Waals surface area contributed by atoms with Crippen LogP contribution in [0.2, 0.25) is 0 Å². The van der Waals surface area contributed by atoms with Crippen LogP contribution >= 0.6 is 0 Å². The molecular weight excluding hydrogens is 302 g/mol. The first-order valence-corrected chi connectivity index (χ1v) is 6.60. The normalized spacial score (nSPS) is 10.7. The molecule has 1 N–H and O–H groups in total. The van der Waals surface area contributed by atoms with Crippen LogP contribution in [0.1, 0.15) is 10.4 Å². The first kappa shape index (κ1) is 14.6. The number of hydrogen-bond donors (Lipinski definition) is 1. The van der Waals surface area contributed by atoms with E-state index in [1.54, 1.807) is 16.8 Å². The van der Waals surface area contributed by atoms with Gasteiger partial charge in [0.2, 0.25) is 0 Å². The van der Waals surface area contributed by atoms with Crippen LogP contribution in [0.3, 0.4) is 0 Å². The Labute approximate surface area is 130 Å². The lowest BCUT2D eigenvalue weighted by Crippen LogP contribution is -2.08. The Morgan fingerprint density at radius 2 is 2.00 bits per heavy atom. The Bertz CT molecular complexity index is 909. The summed E-state index contributed by atoms with van der Waals surface area (Å²) in [5.41, 5.74) is 1.96. The number of benzene rings is 1. The quantitative estimate of drug-likeness (QED) is 0.795. The molecule has 0 bridgehead atoms. The highest BCUT2D eigenvalue weighted by atomic mass is 16.5. The Hall–Kier alpha value is -3.29. The van der Waals surface area contributed by atoms with Crippen molar-refractivity contribution in [1.29, 1.82) is 0 Å². The van der Waals surface area contributed by atoms with Gasteiger partial charge < -0.3 is 14.6 Å². The van der Waals surface area contributed by atoms with Crippen molar-refractivity contribution in [2.45, 2.75) is 0 Å². The van der Waals surface area contributed by atoms with Gasteiger partial charge >= 0.3 is 12.1 Å². The zero-order valence-electron chi connectivity index (χ0n) is 12.4. The van der Waals surface area contributed by atoms with Gasteiger partial charge in [0.05, 0.1) is 37.0 Å². The number of carboxylic acid groups (broad SMARTS) is 1. The second-order valence-corrected chi connectivity index (χ2v) is 4.71. The first-order valence-electron chi connectivity index (χ1n) is 6.60. The third kappa shape index (κ3) is 2.39. The monoisotopic (exact) mass is 315 g/mol. The molecule has 0 spiro atoms. The van der Waals surface area contributed by atoms with Gasteiger partial charge in [0.15, 0.2) is 5.75 Å². The van der Waals surface area contributed by atoms with Crippen LogP contribution in [-0.2, 0) is 4.74 Å². The molecular formula is C15H13N3O5. The topological polar surface area (TPSA) is 95.6 Å². The number of carboxylic acids is 1. The lowest BCUT2D eigenvalue weighted by atomic mass is 10.2. The Balaban J connectivity index is 2.15. The second kappa shape index (κ2) is 5.48. The zero-order valence-corrected chi connectivity index (χ0v) is 12.4. The summed E-state index contributed by atoms with van der Waals surface area (Å²) in [7, 11) is 2.77.